The van der Waals surface area contributed by atoms with Gasteiger partial charge in [-0.15, -0.1) is 0 Å². The summed E-state index contributed by atoms with van der Waals surface area (Å²) in [7, 11) is 0. The van der Waals surface area contributed by atoms with E-state index in [0.29, 0.717) is 5.92 Å². The highest BCUT2D eigenvalue weighted by molar-refractivity contribution is 5.52. The van der Waals surface area contributed by atoms with Crippen molar-refractivity contribution in [1.82, 2.24) is 0 Å². The van der Waals surface area contributed by atoms with E-state index in [0.717, 1.165) is 35.9 Å². The van der Waals surface area contributed by atoms with Crippen molar-refractivity contribution in [3.05, 3.63) is 0 Å². The van der Waals surface area contributed by atoms with Crippen molar-refractivity contribution >= 4 is 6.29 Å². The fraction of sp³-hybridized carbons (Fsp3) is 0.929. The molecule has 0 aromatic heterocycles. The lowest BCUT2D eigenvalue weighted by Crippen LogP contribution is -2.23. The van der Waals surface area contributed by atoms with E-state index in [2.05, 4.69) is 6.92 Å². The van der Waals surface area contributed by atoms with E-state index in [9.17, 15) is 4.79 Å². The van der Waals surface area contributed by atoms with Crippen LogP contribution in [0.25, 0.3) is 0 Å². The van der Waals surface area contributed by atoms with Gasteiger partial charge in [0.25, 0.3) is 0 Å². The van der Waals surface area contributed by atoms with Gasteiger partial charge in [0.05, 0.1) is 0 Å². The fourth-order valence-electron chi connectivity index (χ4n) is 5.02. The highest BCUT2D eigenvalue weighted by atomic mass is 16.1. The molecular weight excluding hydrogens is 184 g/mol. The second-order valence-electron chi connectivity index (χ2n) is 6.26. The van der Waals surface area contributed by atoms with Gasteiger partial charge in [0, 0.05) is 5.92 Å². The molecule has 0 spiro atoms. The zero-order valence-corrected chi connectivity index (χ0v) is 9.69. The highest BCUT2D eigenvalue weighted by Gasteiger charge is 2.52. The van der Waals surface area contributed by atoms with Crippen LogP contribution in [0.15, 0.2) is 0 Å². The summed E-state index contributed by atoms with van der Waals surface area (Å²) in [5, 5.41) is 0. The molecule has 1 heteroatoms. The van der Waals surface area contributed by atoms with Gasteiger partial charge in [0.15, 0.2) is 0 Å². The van der Waals surface area contributed by atoms with Crippen LogP contribution >= 0.6 is 0 Å². The topological polar surface area (TPSA) is 17.1 Å². The minimum Gasteiger partial charge on any atom is -0.303 e. The van der Waals surface area contributed by atoms with Crippen LogP contribution in [0.5, 0.6) is 0 Å². The van der Waals surface area contributed by atoms with Crippen molar-refractivity contribution < 1.29 is 4.79 Å². The Kier molecular flexibility index (Phi) is 2.37. The second kappa shape index (κ2) is 3.61. The molecule has 0 heterocycles. The van der Waals surface area contributed by atoms with Gasteiger partial charge in [-0.3, -0.25) is 0 Å². The summed E-state index contributed by atoms with van der Waals surface area (Å²) in [6.45, 7) is 2.09. The number of hydrogen-bond donors (Lipinski definition) is 0. The van der Waals surface area contributed by atoms with Crippen LogP contribution < -0.4 is 0 Å². The van der Waals surface area contributed by atoms with Gasteiger partial charge in [0.2, 0.25) is 0 Å². The number of hydrogen-bond acceptors (Lipinski definition) is 1. The Morgan fingerprint density at radius 3 is 2.80 bits per heavy atom. The first kappa shape index (κ1) is 9.86. The molecule has 2 bridgehead atoms. The monoisotopic (exact) mass is 206 g/mol. The molecule has 0 saturated heterocycles. The third-order valence-corrected chi connectivity index (χ3v) is 5.48. The SMILES string of the molecule is CC(C=O)CC1CCC2C3CCC(C3)C12. The van der Waals surface area contributed by atoms with Gasteiger partial charge in [-0.2, -0.15) is 0 Å². The molecule has 3 fully saturated rings. The predicted octanol–water partition coefficient (Wildman–Crippen LogP) is 3.28. The lowest BCUT2D eigenvalue weighted by atomic mass is 9.76. The molecule has 0 radical (unpaired) electrons. The van der Waals surface area contributed by atoms with E-state index in [1.807, 2.05) is 0 Å². The van der Waals surface area contributed by atoms with Crippen LogP contribution in [0, 0.1) is 35.5 Å². The van der Waals surface area contributed by atoms with Gasteiger partial charge in [-0.1, -0.05) is 6.92 Å². The number of carbonyl (C=O) groups is 1. The minimum atomic E-state index is 0.299. The molecular formula is C14H22O. The van der Waals surface area contributed by atoms with Crippen LogP contribution in [0.2, 0.25) is 0 Å². The highest BCUT2D eigenvalue weighted by Crippen LogP contribution is 2.61. The Morgan fingerprint density at radius 1 is 1.20 bits per heavy atom. The van der Waals surface area contributed by atoms with Crippen molar-refractivity contribution in [3.63, 3.8) is 0 Å². The van der Waals surface area contributed by atoms with Crippen LogP contribution in [0.1, 0.15) is 45.4 Å². The lowest BCUT2D eigenvalue weighted by Gasteiger charge is -2.29. The molecule has 15 heavy (non-hydrogen) atoms. The summed E-state index contributed by atoms with van der Waals surface area (Å²) in [5.74, 6) is 5.40. The molecule has 3 aliphatic carbocycles. The van der Waals surface area contributed by atoms with Crippen molar-refractivity contribution in [1.29, 1.82) is 0 Å². The quantitative estimate of drug-likeness (QED) is 0.648. The Labute approximate surface area is 92.6 Å². The molecule has 84 valence electrons. The minimum absolute atomic E-state index is 0.299. The van der Waals surface area contributed by atoms with Crippen LogP contribution in [0.3, 0.4) is 0 Å². The van der Waals surface area contributed by atoms with Gasteiger partial charge in [-0.25, -0.2) is 0 Å². The maximum Gasteiger partial charge on any atom is 0.122 e. The smallest absolute Gasteiger partial charge is 0.122 e. The third kappa shape index (κ3) is 1.46. The summed E-state index contributed by atoms with van der Waals surface area (Å²) < 4.78 is 0. The van der Waals surface area contributed by atoms with Crippen molar-refractivity contribution in [2.75, 3.05) is 0 Å². The zero-order chi connectivity index (χ0) is 10.4. The van der Waals surface area contributed by atoms with Crippen molar-refractivity contribution in [2.24, 2.45) is 35.5 Å². The molecule has 0 amide bonds. The molecule has 3 aliphatic rings. The van der Waals surface area contributed by atoms with Gasteiger partial charge in [0.1, 0.15) is 6.29 Å². The Bertz CT molecular complexity index is 260. The normalized spacial score (nSPS) is 49.3. The van der Waals surface area contributed by atoms with Crippen LogP contribution in [0.4, 0.5) is 0 Å². The van der Waals surface area contributed by atoms with E-state index in [1.165, 1.54) is 38.5 Å². The van der Waals surface area contributed by atoms with Crippen LogP contribution in [-0.2, 0) is 4.79 Å². The fourth-order valence-corrected chi connectivity index (χ4v) is 5.02. The van der Waals surface area contributed by atoms with E-state index >= 15 is 0 Å². The molecule has 6 atom stereocenters. The third-order valence-electron chi connectivity index (χ3n) is 5.48. The average molecular weight is 206 g/mol. The van der Waals surface area contributed by atoms with E-state index in [4.69, 9.17) is 0 Å². The van der Waals surface area contributed by atoms with Gasteiger partial charge >= 0.3 is 0 Å². The van der Waals surface area contributed by atoms with E-state index in [-0.39, 0.29) is 0 Å². The Balaban J connectivity index is 1.69. The molecule has 0 aromatic carbocycles. The molecule has 1 nitrogen and oxygen atoms in total. The predicted molar refractivity (Wildman–Crippen MR) is 60.4 cm³/mol. The van der Waals surface area contributed by atoms with Gasteiger partial charge < -0.3 is 4.79 Å². The maximum absolute atomic E-state index is 10.7. The van der Waals surface area contributed by atoms with Crippen LogP contribution in [-0.4, -0.2) is 6.29 Å². The summed E-state index contributed by atoms with van der Waals surface area (Å²) in [6.07, 6.45) is 9.76. The number of fused-ring (bicyclic) bond motifs is 5. The first-order valence-electron chi connectivity index (χ1n) is 6.75. The molecule has 3 saturated carbocycles. The summed E-state index contributed by atoms with van der Waals surface area (Å²) in [4.78, 5) is 10.7. The summed E-state index contributed by atoms with van der Waals surface area (Å²) in [5.41, 5.74) is 0. The summed E-state index contributed by atoms with van der Waals surface area (Å²) >= 11 is 0. The number of aldehydes is 1. The second-order valence-corrected chi connectivity index (χ2v) is 6.26. The standard InChI is InChI=1S/C14H22O/c1-9(8-15)6-11-4-5-13-10-2-3-12(7-10)14(11)13/h8-14H,2-7H2,1H3. The first-order chi connectivity index (χ1) is 7.29. The van der Waals surface area contributed by atoms with Gasteiger partial charge in [-0.05, 0) is 68.1 Å². The summed E-state index contributed by atoms with van der Waals surface area (Å²) in [6, 6.07) is 0. The molecule has 6 unspecified atom stereocenters. The van der Waals surface area contributed by atoms with E-state index in [1.54, 1.807) is 0 Å². The van der Waals surface area contributed by atoms with E-state index < -0.39 is 0 Å². The molecule has 3 rings (SSSR count). The lowest BCUT2D eigenvalue weighted by molar-refractivity contribution is -0.111. The zero-order valence-electron chi connectivity index (χ0n) is 9.69. The largest absolute Gasteiger partial charge is 0.303 e. The van der Waals surface area contributed by atoms with Crippen molar-refractivity contribution in [2.45, 2.75) is 45.4 Å². The molecule has 0 aromatic rings. The average Bonchev–Trinajstić information content (AvgIpc) is 2.89. The molecule has 0 N–H and O–H groups in total. The maximum atomic E-state index is 10.7. The Morgan fingerprint density at radius 2 is 2.00 bits per heavy atom. The molecule has 0 aliphatic heterocycles. The Hall–Kier alpha value is -0.330. The van der Waals surface area contributed by atoms with Crippen molar-refractivity contribution in [3.8, 4) is 0 Å². The number of carbonyl (C=O) groups excluding carboxylic acids is 1. The first-order valence-corrected chi connectivity index (χ1v) is 6.75. The number of rotatable bonds is 3.